The van der Waals surface area contributed by atoms with Crippen LogP contribution in [0.3, 0.4) is 0 Å². The molecule has 1 aliphatic rings. The summed E-state index contributed by atoms with van der Waals surface area (Å²) >= 11 is 0. The number of aromatic amines is 1. The van der Waals surface area contributed by atoms with Gasteiger partial charge in [-0.3, -0.25) is 4.79 Å². The number of nitrogens with one attached hydrogen (secondary N) is 1. The zero-order chi connectivity index (χ0) is 21.5. The van der Waals surface area contributed by atoms with Crippen LogP contribution in [0.4, 0.5) is 24.8 Å². The third-order valence-electron chi connectivity index (χ3n) is 5.17. The van der Waals surface area contributed by atoms with Crippen molar-refractivity contribution < 1.29 is 22.7 Å². The highest BCUT2D eigenvalue weighted by Crippen LogP contribution is 2.30. The Hall–Kier alpha value is -3.23. The molecule has 0 bridgehead atoms. The average Bonchev–Trinajstić information content (AvgIpc) is 3.33. The summed E-state index contributed by atoms with van der Waals surface area (Å²) in [5.41, 5.74) is 3.18. The summed E-state index contributed by atoms with van der Waals surface area (Å²) in [5.74, 6) is 0.148. The van der Waals surface area contributed by atoms with Gasteiger partial charge in [0.1, 0.15) is 5.75 Å². The van der Waals surface area contributed by atoms with Crippen LogP contribution >= 0.6 is 0 Å². The first kappa shape index (κ1) is 20.1. The molecule has 4 rings (SSSR count). The fourth-order valence-electron chi connectivity index (χ4n) is 3.66. The molecule has 0 saturated carbocycles. The van der Waals surface area contributed by atoms with E-state index in [2.05, 4.69) is 19.6 Å². The number of rotatable bonds is 5. The molecule has 1 fully saturated rings. The lowest BCUT2D eigenvalue weighted by Gasteiger charge is -2.18. The molecule has 3 aromatic rings. The van der Waals surface area contributed by atoms with Gasteiger partial charge in [0, 0.05) is 44.4 Å². The third-order valence-corrected chi connectivity index (χ3v) is 5.17. The number of alkyl halides is 3. The van der Waals surface area contributed by atoms with Gasteiger partial charge < -0.3 is 19.5 Å². The molecule has 1 saturated heterocycles. The Labute approximate surface area is 171 Å². The predicted molar refractivity (Wildman–Crippen MR) is 108 cm³/mol. The van der Waals surface area contributed by atoms with Gasteiger partial charge in [-0.25, -0.2) is 4.98 Å². The standard InChI is InChI=1S/C21H21F3N4O2/c1-27(2)20-25-17-8-5-15(11-18(17)26-20)28-10-9-14(12-28)19(29)13-3-6-16(7-4-13)30-21(22,23)24/h3-8,11,14H,9-10,12H2,1-2H3,(H,25,26). The van der Waals surface area contributed by atoms with Crippen LogP contribution in [-0.2, 0) is 0 Å². The Kier molecular flexibility index (Phi) is 5.05. The van der Waals surface area contributed by atoms with Crippen LogP contribution in [-0.4, -0.2) is 49.3 Å². The van der Waals surface area contributed by atoms with Crippen molar-refractivity contribution in [1.82, 2.24) is 9.97 Å². The molecule has 158 valence electrons. The molecule has 1 atom stereocenters. The smallest absolute Gasteiger partial charge is 0.406 e. The average molecular weight is 418 g/mol. The number of benzene rings is 2. The van der Waals surface area contributed by atoms with E-state index < -0.39 is 6.36 Å². The van der Waals surface area contributed by atoms with Crippen molar-refractivity contribution in [3.8, 4) is 5.75 Å². The normalized spacial score (nSPS) is 16.8. The van der Waals surface area contributed by atoms with Gasteiger partial charge in [0.25, 0.3) is 0 Å². The maximum Gasteiger partial charge on any atom is 0.573 e. The lowest BCUT2D eigenvalue weighted by Crippen LogP contribution is -2.23. The number of carbonyl (C=O) groups excluding carboxylic acids is 1. The Morgan fingerprint density at radius 3 is 2.60 bits per heavy atom. The molecule has 30 heavy (non-hydrogen) atoms. The first-order valence-electron chi connectivity index (χ1n) is 9.52. The van der Waals surface area contributed by atoms with Crippen molar-refractivity contribution in [3.05, 3.63) is 48.0 Å². The molecular weight excluding hydrogens is 397 g/mol. The Balaban J connectivity index is 1.45. The number of ether oxygens (including phenoxy) is 1. The molecule has 0 aliphatic carbocycles. The highest BCUT2D eigenvalue weighted by Gasteiger charge is 2.32. The minimum Gasteiger partial charge on any atom is -0.406 e. The molecule has 9 heteroatoms. The minimum absolute atomic E-state index is 0.0754. The summed E-state index contributed by atoms with van der Waals surface area (Å²) in [6.45, 7) is 1.28. The summed E-state index contributed by atoms with van der Waals surface area (Å²) in [5, 5.41) is 0. The highest BCUT2D eigenvalue weighted by atomic mass is 19.4. The monoisotopic (exact) mass is 418 g/mol. The molecule has 2 heterocycles. The largest absolute Gasteiger partial charge is 0.573 e. The molecule has 1 aromatic heterocycles. The van der Waals surface area contributed by atoms with Gasteiger partial charge in [-0.1, -0.05) is 0 Å². The van der Waals surface area contributed by atoms with Gasteiger partial charge in [-0.15, -0.1) is 13.2 Å². The number of aromatic nitrogens is 2. The quantitative estimate of drug-likeness (QED) is 0.628. The van der Waals surface area contributed by atoms with E-state index >= 15 is 0 Å². The number of imidazole rings is 1. The van der Waals surface area contributed by atoms with E-state index in [1.54, 1.807) is 0 Å². The molecule has 0 spiro atoms. The van der Waals surface area contributed by atoms with E-state index in [4.69, 9.17) is 0 Å². The van der Waals surface area contributed by atoms with Gasteiger partial charge in [0.2, 0.25) is 5.95 Å². The van der Waals surface area contributed by atoms with Crippen LogP contribution < -0.4 is 14.5 Å². The number of carbonyl (C=O) groups is 1. The molecule has 2 aromatic carbocycles. The fourth-order valence-corrected chi connectivity index (χ4v) is 3.66. The zero-order valence-corrected chi connectivity index (χ0v) is 16.5. The van der Waals surface area contributed by atoms with Gasteiger partial charge in [0.15, 0.2) is 5.78 Å². The lowest BCUT2D eigenvalue weighted by molar-refractivity contribution is -0.274. The van der Waals surface area contributed by atoms with E-state index in [9.17, 15) is 18.0 Å². The number of nitrogens with zero attached hydrogens (tertiary/aromatic N) is 3. The molecule has 0 amide bonds. The van der Waals surface area contributed by atoms with Gasteiger partial charge in [-0.05, 0) is 48.9 Å². The number of anilines is 2. The Morgan fingerprint density at radius 1 is 1.20 bits per heavy atom. The van der Waals surface area contributed by atoms with E-state index in [1.807, 2.05) is 37.2 Å². The molecule has 6 nitrogen and oxygen atoms in total. The van der Waals surface area contributed by atoms with Crippen molar-refractivity contribution in [2.45, 2.75) is 12.8 Å². The van der Waals surface area contributed by atoms with Crippen molar-refractivity contribution >= 4 is 28.5 Å². The molecule has 0 radical (unpaired) electrons. The van der Waals surface area contributed by atoms with E-state index in [0.717, 1.165) is 29.2 Å². The van der Waals surface area contributed by atoms with E-state index in [-0.39, 0.29) is 17.5 Å². The summed E-state index contributed by atoms with van der Waals surface area (Å²) < 4.78 is 40.7. The minimum atomic E-state index is -4.75. The Morgan fingerprint density at radius 2 is 1.93 bits per heavy atom. The summed E-state index contributed by atoms with van der Waals surface area (Å²) in [7, 11) is 3.83. The summed E-state index contributed by atoms with van der Waals surface area (Å²) in [6.07, 6.45) is -4.07. The van der Waals surface area contributed by atoms with E-state index in [0.29, 0.717) is 18.5 Å². The number of hydrogen-bond acceptors (Lipinski definition) is 5. The third kappa shape index (κ3) is 4.19. The van der Waals surface area contributed by atoms with Crippen LogP contribution in [0.5, 0.6) is 5.75 Å². The lowest BCUT2D eigenvalue weighted by atomic mass is 9.97. The maximum atomic E-state index is 12.8. The number of fused-ring (bicyclic) bond motifs is 1. The maximum absolute atomic E-state index is 12.8. The van der Waals surface area contributed by atoms with Crippen molar-refractivity contribution in [3.63, 3.8) is 0 Å². The van der Waals surface area contributed by atoms with Crippen molar-refractivity contribution in [2.24, 2.45) is 5.92 Å². The molecule has 1 unspecified atom stereocenters. The second-order valence-electron chi connectivity index (χ2n) is 7.52. The van der Waals surface area contributed by atoms with E-state index in [1.165, 1.54) is 24.3 Å². The first-order chi connectivity index (χ1) is 14.2. The second kappa shape index (κ2) is 7.55. The fraction of sp³-hybridized carbons (Fsp3) is 0.333. The number of H-pyrrole nitrogens is 1. The van der Waals surface area contributed by atoms with Crippen molar-refractivity contribution in [2.75, 3.05) is 37.0 Å². The number of ketones is 1. The second-order valence-corrected chi connectivity index (χ2v) is 7.52. The SMILES string of the molecule is CN(C)c1nc2ccc(N3CCC(C(=O)c4ccc(OC(F)(F)F)cc4)C3)cc2[nH]1. The van der Waals surface area contributed by atoms with Crippen LogP contribution in [0.15, 0.2) is 42.5 Å². The topological polar surface area (TPSA) is 61.5 Å². The summed E-state index contributed by atoms with van der Waals surface area (Å²) in [6, 6.07) is 11.0. The Bertz CT molecular complexity index is 1060. The molecule has 1 N–H and O–H groups in total. The molecule has 1 aliphatic heterocycles. The van der Waals surface area contributed by atoms with Gasteiger partial charge in [0.05, 0.1) is 11.0 Å². The number of halogens is 3. The number of hydrogen-bond donors (Lipinski definition) is 1. The zero-order valence-electron chi connectivity index (χ0n) is 16.5. The first-order valence-corrected chi connectivity index (χ1v) is 9.52. The van der Waals surface area contributed by atoms with Gasteiger partial charge in [-0.2, -0.15) is 0 Å². The highest BCUT2D eigenvalue weighted by molar-refractivity contribution is 5.98. The van der Waals surface area contributed by atoms with Crippen molar-refractivity contribution in [1.29, 1.82) is 0 Å². The molecular formula is C21H21F3N4O2. The van der Waals surface area contributed by atoms with Crippen LogP contribution in [0.25, 0.3) is 11.0 Å². The van der Waals surface area contributed by atoms with Gasteiger partial charge >= 0.3 is 6.36 Å². The van der Waals surface area contributed by atoms with Crippen LogP contribution in [0.1, 0.15) is 16.8 Å². The predicted octanol–water partition coefficient (Wildman–Crippen LogP) is 4.24. The van der Waals surface area contributed by atoms with Crippen LogP contribution in [0.2, 0.25) is 0 Å². The van der Waals surface area contributed by atoms with Crippen LogP contribution in [0, 0.1) is 5.92 Å². The number of Topliss-reactive ketones (excluding diaryl/α,β-unsaturated/α-hetero) is 1. The summed E-state index contributed by atoms with van der Waals surface area (Å²) in [4.78, 5) is 24.6.